The van der Waals surface area contributed by atoms with Gasteiger partial charge >= 0.3 is 0 Å². The molecule has 7 heteroatoms. The third-order valence-electron chi connectivity index (χ3n) is 5.31. The monoisotopic (exact) mass is 400 g/mol. The molecule has 1 heterocycles. The van der Waals surface area contributed by atoms with E-state index in [4.69, 9.17) is 13.3 Å². The van der Waals surface area contributed by atoms with Gasteiger partial charge in [0.15, 0.2) is 8.32 Å². The van der Waals surface area contributed by atoms with Crippen molar-refractivity contribution in [1.82, 2.24) is 0 Å². The average molecular weight is 401 g/mol. The van der Waals surface area contributed by atoms with Gasteiger partial charge in [0.1, 0.15) is 0 Å². The largest absolute Gasteiger partial charge is 0.412 e. The van der Waals surface area contributed by atoms with Crippen molar-refractivity contribution in [2.75, 3.05) is 13.2 Å². The summed E-state index contributed by atoms with van der Waals surface area (Å²) in [7, 11) is -5.56. The number of benzene rings is 1. The first-order valence-corrected chi connectivity index (χ1v) is 13.5. The van der Waals surface area contributed by atoms with Crippen LogP contribution in [0.1, 0.15) is 39.2 Å². The van der Waals surface area contributed by atoms with Crippen molar-refractivity contribution in [1.29, 1.82) is 0 Å². The van der Waals surface area contributed by atoms with Gasteiger partial charge in [-0.3, -0.25) is 4.18 Å². The van der Waals surface area contributed by atoms with E-state index in [0.717, 1.165) is 18.4 Å². The van der Waals surface area contributed by atoms with Gasteiger partial charge in [-0.25, -0.2) is 0 Å². The van der Waals surface area contributed by atoms with E-state index in [2.05, 4.69) is 33.9 Å². The van der Waals surface area contributed by atoms with Crippen LogP contribution in [0.3, 0.4) is 0 Å². The molecule has 5 nitrogen and oxygen atoms in total. The van der Waals surface area contributed by atoms with E-state index in [1.807, 2.05) is 6.92 Å². The number of hydrogen-bond donors (Lipinski definition) is 0. The minimum atomic E-state index is -3.74. The van der Waals surface area contributed by atoms with Crippen LogP contribution < -0.4 is 0 Å². The van der Waals surface area contributed by atoms with E-state index < -0.39 is 18.4 Å². The first-order valence-electron chi connectivity index (χ1n) is 9.16. The third kappa shape index (κ3) is 5.63. The first kappa shape index (κ1) is 21.6. The maximum Gasteiger partial charge on any atom is 0.297 e. The highest BCUT2D eigenvalue weighted by Gasteiger charge is 2.40. The second-order valence-electron chi connectivity index (χ2n) is 8.58. The molecule has 1 saturated heterocycles. The van der Waals surface area contributed by atoms with E-state index in [-0.39, 0.29) is 28.7 Å². The van der Waals surface area contributed by atoms with Crippen molar-refractivity contribution in [3.63, 3.8) is 0 Å². The standard InChI is InChI=1S/C19H32O5SSi/c1-15-7-11-18(12-8-15)25(20,21)23-14-16-9-10-17(13-22-16)24-26(5,6)19(2,3)4/h7-8,11-12,16-17H,9-10,13-14H2,1-6H3/t16-,17+/m1/s1. The molecule has 2 rings (SSSR count). The molecule has 0 N–H and O–H groups in total. The van der Waals surface area contributed by atoms with Gasteiger partial charge in [-0.1, -0.05) is 38.5 Å². The number of hydrogen-bond acceptors (Lipinski definition) is 5. The van der Waals surface area contributed by atoms with E-state index in [9.17, 15) is 8.42 Å². The normalized spacial score (nSPS) is 22.4. The SMILES string of the molecule is Cc1ccc(S(=O)(=O)OC[C@H]2CC[C@H](O[Si](C)(C)C(C)(C)C)CO2)cc1. The lowest BCUT2D eigenvalue weighted by Gasteiger charge is -2.41. The van der Waals surface area contributed by atoms with Gasteiger partial charge in [0.05, 0.1) is 30.3 Å². The van der Waals surface area contributed by atoms with Crippen molar-refractivity contribution in [3.05, 3.63) is 29.8 Å². The lowest BCUT2D eigenvalue weighted by molar-refractivity contribution is -0.0644. The zero-order chi connectivity index (χ0) is 19.6. The minimum absolute atomic E-state index is 0.0447. The summed E-state index contributed by atoms with van der Waals surface area (Å²) in [5.74, 6) is 0. The molecule has 148 valence electrons. The van der Waals surface area contributed by atoms with Gasteiger partial charge in [-0.05, 0) is 50.0 Å². The highest BCUT2D eigenvalue weighted by molar-refractivity contribution is 7.86. The maximum absolute atomic E-state index is 12.3. The molecular weight excluding hydrogens is 368 g/mol. The maximum atomic E-state index is 12.3. The van der Waals surface area contributed by atoms with E-state index in [1.54, 1.807) is 24.3 Å². The molecule has 2 atom stereocenters. The van der Waals surface area contributed by atoms with Crippen molar-refractivity contribution in [2.45, 2.75) is 75.8 Å². The molecule has 0 aromatic heterocycles. The fraction of sp³-hybridized carbons (Fsp3) is 0.684. The number of aryl methyl sites for hydroxylation is 1. The van der Waals surface area contributed by atoms with Crippen molar-refractivity contribution >= 4 is 18.4 Å². The Bertz CT molecular complexity index is 684. The van der Waals surface area contributed by atoms with E-state index in [0.29, 0.717) is 6.61 Å². The van der Waals surface area contributed by atoms with Crippen molar-refractivity contribution in [2.24, 2.45) is 0 Å². The van der Waals surface area contributed by atoms with Gasteiger partial charge in [0, 0.05) is 0 Å². The smallest absolute Gasteiger partial charge is 0.297 e. The van der Waals surface area contributed by atoms with Gasteiger partial charge in [-0.15, -0.1) is 0 Å². The van der Waals surface area contributed by atoms with Gasteiger partial charge < -0.3 is 9.16 Å². The summed E-state index contributed by atoms with van der Waals surface area (Å²) in [4.78, 5) is 0.179. The van der Waals surface area contributed by atoms with Crippen molar-refractivity contribution < 1.29 is 21.8 Å². The van der Waals surface area contributed by atoms with Gasteiger partial charge in [-0.2, -0.15) is 8.42 Å². The Labute approximate surface area is 159 Å². The second-order valence-corrected chi connectivity index (χ2v) is 15.0. The predicted molar refractivity (Wildman–Crippen MR) is 105 cm³/mol. The van der Waals surface area contributed by atoms with Crippen LogP contribution in [0, 0.1) is 6.92 Å². The summed E-state index contributed by atoms with van der Waals surface area (Å²) < 4.78 is 41.9. The minimum Gasteiger partial charge on any atom is -0.412 e. The lowest BCUT2D eigenvalue weighted by atomic mass is 10.1. The molecule has 0 aliphatic carbocycles. The quantitative estimate of drug-likeness (QED) is 0.527. The Morgan fingerprint density at radius 2 is 1.77 bits per heavy atom. The molecule has 1 aliphatic rings. The summed E-state index contributed by atoms with van der Waals surface area (Å²) in [5, 5.41) is 0.162. The molecule has 1 aliphatic heterocycles. The molecule has 1 aromatic rings. The van der Waals surface area contributed by atoms with Crippen LogP contribution in [-0.4, -0.2) is 42.2 Å². The molecule has 0 amide bonds. The number of rotatable bonds is 6. The molecular formula is C19H32O5SSi. The van der Waals surface area contributed by atoms with Crippen LogP contribution in [0.25, 0.3) is 0 Å². The Kier molecular flexibility index (Phi) is 6.72. The molecule has 0 unspecified atom stereocenters. The Morgan fingerprint density at radius 1 is 1.15 bits per heavy atom. The van der Waals surface area contributed by atoms with Crippen molar-refractivity contribution in [3.8, 4) is 0 Å². The average Bonchev–Trinajstić information content (AvgIpc) is 2.53. The van der Waals surface area contributed by atoms with E-state index in [1.165, 1.54) is 0 Å². The van der Waals surface area contributed by atoms with Crippen LogP contribution in [0.2, 0.25) is 18.1 Å². The summed E-state index contributed by atoms with van der Waals surface area (Å²) in [6.07, 6.45) is 1.48. The molecule has 0 bridgehead atoms. The Morgan fingerprint density at radius 3 is 2.27 bits per heavy atom. The zero-order valence-electron chi connectivity index (χ0n) is 16.7. The molecule has 0 saturated carbocycles. The lowest BCUT2D eigenvalue weighted by Crippen LogP contribution is -2.47. The molecule has 0 radical (unpaired) electrons. The van der Waals surface area contributed by atoms with Crippen LogP contribution in [0.15, 0.2) is 29.2 Å². The van der Waals surface area contributed by atoms with E-state index >= 15 is 0 Å². The predicted octanol–water partition coefficient (Wildman–Crippen LogP) is 4.27. The van der Waals surface area contributed by atoms with Crippen LogP contribution >= 0.6 is 0 Å². The fourth-order valence-electron chi connectivity index (χ4n) is 2.54. The highest BCUT2D eigenvalue weighted by atomic mass is 32.2. The first-order chi connectivity index (χ1) is 11.9. The highest BCUT2D eigenvalue weighted by Crippen LogP contribution is 2.38. The Balaban J connectivity index is 1.83. The summed E-state index contributed by atoms with van der Waals surface area (Å²) in [6, 6.07) is 6.65. The molecule has 0 spiro atoms. The molecule has 1 fully saturated rings. The molecule has 26 heavy (non-hydrogen) atoms. The van der Waals surface area contributed by atoms with Gasteiger partial charge in [0.2, 0.25) is 0 Å². The fourth-order valence-corrected chi connectivity index (χ4v) is 4.85. The van der Waals surface area contributed by atoms with Crippen LogP contribution in [0.4, 0.5) is 0 Å². The number of ether oxygens (including phenoxy) is 1. The Hall–Kier alpha value is -0.733. The zero-order valence-corrected chi connectivity index (χ0v) is 18.6. The summed E-state index contributed by atoms with van der Waals surface area (Å²) in [5.41, 5.74) is 1.01. The topological polar surface area (TPSA) is 61.8 Å². The summed E-state index contributed by atoms with van der Waals surface area (Å²) in [6.45, 7) is 13.6. The van der Waals surface area contributed by atoms with Gasteiger partial charge in [0.25, 0.3) is 10.1 Å². The van der Waals surface area contributed by atoms with Crippen LogP contribution in [0.5, 0.6) is 0 Å². The summed E-state index contributed by atoms with van der Waals surface area (Å²) >= 11 is 0. The molecule has 1 aromatic carbocycles. The van der Waals surface area contributed by atoms with Crippen LogP contribution in [-0.2, 0) is 23.5 Å². The second kappa shape index (κ2) is 8.10. The third-order valence-corrected chi connectivity index (χ3v) is 11.1.